The van der Waals surface area contributed by atoms with Crippen molar-refractivity contribution in [3.05, 3.63) is 75.5 Å². The van der Waals surface area contributed by atoms with Gasteiger partial charge in [0.1, 0.15) is 11.4 Å². The highest BCUT2D eigenvalue weighted by molar-refractivity contribution is 6.01. The van der Waals surface area contributed by atoms with E-state index in [0.717, 1.165) is 12.8 Å². The van der Waals surface area contributed by atoms with E-state index in [4.69, 9.17) is 18.3 Å². The number of ether oxygens (including phenoxy) is 2. The van der Waals surface area contributed by atoms with E-state index in [1.807, 2.05) is 0 Å². The van der Waals surface area contributed by atoms with Gasteiger partial charge in [0, 0.05) is 23.2 Å². The van der Waals surface area contributed by atoms with Gasteiger partial charge in [-0.1, -0.05) is 12.7 Å². The van der Waals surface area contributed by atoms with Crippen LogP contribution >= 0.6 is 0 Å². The number of amides is 1. The lowest BCUT2D eigenvalue weighted by Gasteiger charge is -2.15. The number of pyridine rings is 1. The molecule has 1 aliphatic carbocycles. The Kier molecular flexibility index (Phi) is 7.14. The number of rotatable bonds is 10. The third-order valence-electron chi connectivity index (χ3n) is 5.78. The number of aryl methyl sites for hydroxylation is 1. The Morgan fingerprint density at radius 2 is 1.97 bits per heavy atom. The van der Waals surface area contributed by atoms with Crippen molar-refractivity contribution >= 4 is 24.2 Å². The van der Waals surface area contributed by atoms with E-state index in [1.54, 1.807) is 12.1 Å². The fourth-order valence-corrected chi connectivity index (χ4v) is 3.60. The van der Waals surface area contributed by atoms with Gasteiger partial charge in [0.25, 0.3) is 5.91 Å². The molecule has 2 aromatic heterocycles. The predicted octanol–water partition coefficient (Wildman–Crippen LogP) is 3.56. The van der Waals surface area contributed by atoms with Gasteiger partial charge in [-0.05, 0) is 55.5 Å². The van der Waals surface area contributed by atoms with E-state index in [-0.39, 0.29) is 34.0 Å². The highest BCUT2D eigenvalue weighted by Gasteiger charge is 2.25. The van der Waals surface area contributed by atoms with Crippen molar-refractivity contribution in [3.63, 3.8) is 0 Å². The van der Waals surface area contributed by atoms with E-state index in [2.05, 4.69) is 16.9 Å². The molecule has 2 heterocycles. The second-order valence-corrected chi connectivity index (χ2v) is 8.26. The van der Waals surface area contributed by atoms with Gasteiger partial charge >= 0.3 is 11.8 Å². The Labute approximate surface area is 205 Å². The van der Waals surface area contributed by atoms with Gasteiger partial charge in [-0.25, -0.2) is 14.6 Å². The van der Waals surface area contributed by atoms with Crippen molar-refractivity contribution in [2.75, 3.05) is 13.7 Å². The van der Waals surface area contributed by atoms with Crippen LogP contribution in [-0.2, 0) is 11.3 Å². The van der Waals surface area contributed by atoms with E-state index in [9.17, 15) is 19.2 Å². The number of hydrogen-bond donors (Lipinski definition) is 1. The van der Waals surface area contributed by atoms with Crippen molar-refractivity contribution < 1.29 is 32.7 Å². The number of hydrogen-bond acceptors (Lipinski definition) is 9. The Hall–Kier alpha value is -4.47. The van der Waals surface area contributed by atoms with Crippen LogP contribution in [0, 0.1) is 12.8 Å². The maximum absolute atomic E-state index is 13.2. The minimum absolute atomic E-state index is 0.0136. The molecule has 0 atom stereocenters. The summed E-state index contributed by atoms with van der Waals surface area (Å²) in [6.45, 7) is 5.35. The van der Waals surface area contributed by atoms with E-state index in [0.29, 0.717) is 35.6 Å². The van der Waals surface area contributed by atoms with Crippen LogP contribution in [0.4, 0.5) is 0 Å². The first-order valence-corrected chi connectivity index (χ1v) is 11.2. The predicted molar refractivity (Wildman–Crippen MR) is 128 cm³/mol. The first kappa shape index (κ1) is 24.6. The standard InChI is InChI=1S/C26H24N2O8/c1-4-16-9-17(12-29)19(10-21(16)33-3)18-7-8-20(24(30)27-11-15-5-6-15)28-23(18)25(31)34-13-22-14(2)35-26(32)36-22/h4,7-10,12,15H,1,5-6,11,13H2,2-3H3,(H,27,30). The summed E-state index contributed by atoms with van der Waals surface area (Å²) in [4.78, 5) is 53.3. The van der Waals surface area contributed by atoms with Crippen molar-refractivity contribution in [2.24, 2.45) is 5.92 Å². The van der Waals surface area contributed by atoms with Gasteiger partial charge in [-0.2, -0.15) is 0 Å². The summed E-state index contributed by atoms with van der Waals surface area (Å²) < 4.78 is 20.4. The van der Waals surface area contributed by atoms with Crippen LogP contribution in [0.15, 0.2) is 44.5 Å². The van der Waals surface area contributed by atoms with Crippen LogP contribution in [0.1, 0.15) is 61.3 Å². The number of methoxy groups -OCH3 is 1. The number of esters is 1. The topological polar surface area (TPSA) is 138 Å². The molecule has 1 amide bonds. The van der Waals surface area contributed by atoms with Crippen LogP contribution < -0.4 is 15.9 Å². The molecule has 0 radical (unpaired) electrons. The van der Waals surface area contributed by atoms with E-state index >= 15 is 0 Å². The maximum Gasteiger partial charge on any atom is 0.519 e. The fourth-order valence-electron chi connectivity index (χ4n) is 3.60. The summed E-state index contributed by atoms with van der Waals surface area (Å²) in [6.07, 6.45) is 4.30. The molecule has 0 spiro atoms. The average molecular weight is 492 g/mol. The van der Waals surface area contributed by atoms with E-state index < -0.39 is 24.3 Å². The van der Waals surface area contributed by atoms with Crippen LogP contribution in [0.5, 0.6) is 5.75 Å². The molecule has 0 unspecified atom stereocenters. The molecule has 1 N–H and O–H groups in total. The van der Waals surface area contributed by atoms with Gasteiger partial charge in [0.15, 0.2) is 30.1 Å². The maximum atomic E-state index is 13.2. The van der Waals surface area contributed by atoms with Gasteiger partial charge < -0.3 is 23.6 Å². The SMILES string of the molecule is C=Cc1cc(C=O)c(-c2ccc(C(=O)NCC3CC3)nc2C(=O)OCc2oc(=O)oc2C)cc1OC. The molecular weight excluding hydrogens is 468 g/mol. The van der Waals surface area contributed by atoms with Gasteiger partial charge in [-0.15, -0.1) is 0 Å². The lowest BCUT2D eigenvalue weighted by atomic mass is 9.95. The third-order valence-corrected chi connectivity index (χ3v) is 5.78. The summed E-state index contributed by atoms with van der Waals surface area (Å²) in [5, 5.41) is 2.81. The van der Waals surface area contributed by atoms with E-state index in [1.165, 1.54) is 32.2 Å². The van der Waals surface area contributed by atoms with Gasteiger partial charge in [-0.3, -0.25) is 9.59 Å². The summed E-state index contributed by atoms with van der Waals surface area (Å²) in [7, 11) is 1.47. The number of nitrogens with one attached hydrogen (secondary N) is 1. The van der Waals surface area contributed by atoms with Gasteiger partial charge in [0.2, 0.25) is 0 Å². The number of carbonyl (C=O) groups excluding carboxylic acids is 3. The number of nitrogens with zero attached hydrogens (tertiary/aromatic N) is 1. The van der Waals surface area contributed by atoms with Crippen molar-refractivity contribution in [3.8, 4) is 16.9 Å². The zero-order valence-corrected chi connectivity index (χ0v) is 19.8. The molecule has 0 saturated heterocycles. The Morgan fingerprint density at radius 3 is 2.58 bits per heavy atom. The summed E-state index contributed by atoms with van der Waals surface area (Å²) >= 11 is 0. The Bertz CT molecular complexity index is 1400. The fraction of sp³-hybridized carbons (Fsp3) is 0.269. The zero-order chi connectivity index (χ0) is 25.8. The van der Waals surface area contributed by atoms with Crippen molar-refractivity contribution in [2.45, 2.75) is 26.4 Å². The highest BCUT2D eigenvalue weighted by atomic mass is 16.6. The van der Waals surface area contributed by atoms with Crippen LogP contribution in [0.2, 0.25) is 0 Å². The smallest absolute Gasteiger partial charge is 0.496 e. The number of carbonyl (C=O) groups is 3. The number of aromatic nitrogens is 1. The monoisotopic (exact) mass is 492 g/mol. The Morgan fingerprint density at radius 1 is 1.19 bits per heavy atom. The molecule has 1 fully saturated rings. The molecule has 1 aromatic carbocycles. The second kappa shape index (κ2) is 10.4. The second-order valence-electron chi connectivity index (χ2n) is 8.26. The molecule has 0 bridgehead atoms. The summed E-state index contributed by atoms with van der Waals surface area (Å²) in [5.41, 5.74) is 1.25. The first-order chi connectivity index (χ1) is 17.3. The lowest BCUT2D eigenvalue weighted by molar-refractivity contribution is 0.0436. The lowest BCUT2D eigenvalue weighted by Crippen LogP contribution is -2.27. The van der Waals surface area contributed by atoms with Gasteiger partial charge in [0.05, 0.1) is 7.11 Å². The quantitative estimate of drug-likeness (QED) is 0.332. The highest BCUT2D eigenvalue weighted by Crippen LogP contribution is 2.33. The minimum atomic E-state index is -0.920. The summed E-state index contributed by atoms with van der Waals surface area (Å²) in [6, 6.07) is 6.15. The van der Waals surface area contributed by atoms with Crippen molar-refractivity contribution in [1.29, 1.82) is 0 Å². The van der Waals surface area contributed by atoms with Crippen LogP contribution in [0.3, 0.4) is 0 Å². The average Bonchev–Trinajstić information content (AvgIpc) is 3.66. The zero-order valence-electron chi connectivity index (χ0n) is 19.8. The summed E-state index contributed by atoms with van der Waals surface area (Å²) in [5.74, 6) is -1.16. The molecule has 4 rings (SSSR count). The number of benzene rings is 1. The molecule has 1 aliphatic rings. The number of aldehydes is 1. The molecular formula is C26H24N2O8. The molecule has 10 heteroatoms. The van der Waals surface area contributed by atoms with Crippen LogP contribution in [-0.4, -0.2) is 36.8 Å². The molecule has 10 nitrogen and oxygen atoms in total. The normalized spacial score (nSPS) is 12.6. The molecule has 3 aromatic rings. The molecule has 1 saturated carbocycles. The molecule has 0 aliphatic heterocycles. The van der Waals surface area contributed by atoms with Crippen molar-refractivity contribution in [1.82, 2.24) is 10.3 Å². The molecule has 186 valence electrons. The molecule has 36 heavy (non-hydrogen) atoms. The first-order valence-electron chi connectivity index (χ1n) is 11.2. The van der Waals surface area contributed by atoms with Crippen LogP contribution in [0.25, 0.3) is 17.2 Å². The third kappa shape index (κ3) is 5.27. The largest absolute Gasteiger partial charge is 0.519 e. The Balaban J connectivity index is 1.75. The minimum Gasteiger partial charge on any atom is -0.496 e.